The number of carbonyl (C=O) groups excluding carboxylic acids is 1. The van der Waals surface area contributed by atoms with Gasteiger partial charge in [0.15, 0.2) is 0 Å². The lowest BCUT2D eigenvalue weighted by Crippen LogP contribution is -2.41. The van der Waals surface area contributed by atoms with Crippen LogP contribution >= 0.6 is 11.6 Å². The summed E-state index contributed by atoms with van der Waals surface area (Å²) in [5.74, 6) is -0.177. The minimum Gasteiger partial charge on any atom is -0.506 e. The smallest absolute Gasteiger partial charge is 0.323 e. The summed E-state index contributed by atoms with van der Waals surface area (Å²) in [6, 6.07) is 4.71. The number of ether oxygens (including phenoxy) is 1. The fraction of sp³-hybridized carbons (Fsp3) is 0.462. The molecular weight excluding hydrogens is 254 g/mol. The van der Waals surface area contributed by atoms with Gasteiger partial charge < -0.3 is 9.84 Å². The number of halogens is 1. The van der Waals surface area contributed by atoms with E-state index in [0.717, 1.165) is 0 Å². The quantitative estimate of drug-likeness (QED) is 0.807. The number of benzene rings is 1. The molecule has 1 aromatic carbocycles. The number of methoxy groups -OCH3 is 1. The topological polar surface area (TPSA) is 58.6 Å². The summed E-state index contributed by atoms with van der Waals surface area (Å²) >= 11 is 5.81. The molecule has 4 nitrogen and oxygen atoms in total. The maximum atomic E-state index is 11.6. The molecule has 1 aromatic rings. The summed E-state index contributed by atoms with van der Waals surface area (Å²) in [5, 5.41) is 13.1. The molecule has 0 saturated heterocycles. The summed E-state index contributed by atoms with van der Waals surface area (Å²) in [7, 11) is 1.36. The predicted octanol–water partition coefficient (Wildman–Crippen LogP) is 2.33. The second kappa shape index (κ2) is 6.61. The van der Waals surface area contributed by atoms with Crippen molar-refractivity contribution >= 4 is 17.6 Å². The van der Waals surface area contributed by atoms with Crippen LogP contribution in [-0.4, -0.2) is 24.2 Å². The van der Waals surface area contributed by atoms with Gasteiger partial charge in [0.1, 0.15) is 11.8 Å². The van der Waals surface area contributed by atoms with Crippen LogP contribution in [0.25, 0.3) is 0 Å². The molecule has 0 heterocycles. The highest BCUT2D eigenvalue weighted by molar-refractivity contribution is 6.32. The van der Waals surface area contributed by atoms with Crippen molar-refractivity contribution in [2.24, 2.45) is 5.92 Å². The molecule has 0 aliphatic rings. The number of hydrogen-bond acceptors (Lipinski definition) is 4. The van der Waals surface area contributed by atoms with Crippen LogP contribution in [0, 0.1) is 5.92 Å². The molecule has 18 heavy (non-hydrogen) atoms. The Morgan fingerprint density at radius 3 is 2.72 bits per heavy atom. The van der Waals surface area contributed by atoms with E-state index in [2.05, 4.69) is 5.32 Å². The second-order valence-corrected chi connectivity index (χ2v) is 4.78. The van der Waals surface area contributed by atoms with E-state index in [9.17, 15) is 9.90 Å². The van der Waals surface area contributed by atoms with E-state index in [-0.39, 0.29) is 17.6 Å². The van der Waals surface area contributed by atoms with Crippen molar-refractivity contribution in [2.45, 2.75) is 26.4 Å². The Balaban J connectivity index is 2.73. The van der Waals surface area contributed by atoms with Crippen molar-refractivity contribution in [3.05, 3.63) is 28.8 Å². The minimum absolute atomic E-state index is 0.0408. The molecule has 0 aromatic heterocycles. The van der Waals surface area contributed by atoms with Crippen LogP contribution < -0.4 is 5.32 Å². The molecule has 1 rings (SSSR count). The average Bonchev–Trinajstić information content (AvgIpc) is 2.33. The lowest BCUT2D eigenvalue weighted by molar-refractivity contribution is -0.144. The summed E-state index contributed by atoms with van der Waals surface area (Å²) in [5.41, 5.74) is 0.650. The van der Waals surface area contributed by atoms with Crippen molar-refractivity contribution in [3.8, 4) is 5.75 Å². The first-order valence-electron chi connectivity index (χ1n) is 5.75. The molecule has 0 radical (unpaired) electrons. The first kappa shape index (κ1) is 14.8. The Labute approximate surface area is 112 Å². The zero-order valence-electron chi connectivity index (χ0n) is 10.7. The molecule has 0 saturated carbocycles. The number of carbonyl (C=O) groups is 1. The van der Waals surface area contributed by atoms with Gasteiger partial charge in [0, 0.05) is 12.1 Å². The summed E-state index contributed by atoms with van der Waals surface area (Å²) in [6.07, 6.45) is 0. The van der Waals surface area contributed by atoms with Gasteiger partial charge in [-0.2, -0.15) is 0 Å². The molecule has 100 valence electrons. The van der Waals surface area contributed by atoms with Crippen molar-refractivity contribution in [1.82, 2.24) is 5.32 Å². The Hall–Kier alpha value is -1.26. The highest BCUT2D eigenvalue weighted by Crippen LogP contribution is 2.26. The summed E-state index contributed by atoms with van der Waals surface area (Å²) in [4.78, 5) is 11.6. The molecule has 0 aliphatic carbocycles. The van der Waals surface area contributed by atoms with Crippen molar-refractivity contribution in [3.63, 3.8) is 0 Å². The third kappa shape index (κ3) is 3.62. The Kier molecular flexibility index (Phi) is 5.44. The van der Waals surface area contributed by atoms with Crippen LogP contribution in [0.4, 0.5) is 0 Å². The zero-order chi connectivity index (χ0) is 13.7. The average molecular weight is 272 g/mol. The van der Waals surface area contributed by atoms with E-state index in [4.69, 9.17) is 16.3 Å². The van der Waals surface area contributed by atoms with E-state index in [1.54, 1.807) is 18.2 Å². The Morgan fingerprint density at radius 1 is 1.50 bits per heavy atom. The summed E-state index contributed by atoms with van der Waals surface area (Å²) in [6.45, 7) is 4.20. The monoisotopic (exact) mass is 271 g/mol. The first-order chi connectivity index (χ1) is 8.47. The number of nitrogens with one attached hydrogen (secondary N) is 1. The highest BCUT2D eigenvalue weighted by Gasteiger charge is 2.22. The van der Waals surface area contributed by atoms with Gasteiger partial charge in [0.05, 0.1) is 12.1 Å². The maximum absolute atomic E-state index is 11.6. The van der Waals surface area contributed by atoms with Gasteiger partial charge in [-0.25, -0.2) is 0 Å². The summed E-state index contributed by atoms with van der Waals surface area (Å²) < 4.78 is 4.73. The van der Waals surface area contributed by atoms with Crippen molar-refractivity contribution in [1.29, 1.82) is 0 Å². The maximum Gasteiger partial charge on any atom is 0.323 e. The number of esters is 1. The third-order valence-electron chi connectivity index (χ3n) is 2.70. The van der Waals surface area contributed by atoms with E-state index in [0.29, 0.717) is 17.1 Å². The normalized spacial score (nSPS) is 12.5. The number of para-hydroxylation sites is 1. The van der Waals surface area contributed by atoms with Crippen LogP contribution in [0.1, 0.15) is 19.4 Å². The number of rotatable bonds is 5. The van der Waals surface area contributed by atoms with Crippen molar-refractivity contribution in [2.75, 3.05) is 7.11 Å². The lowest BCUT2D eigenvalue weighted by atomic mass is 10.0. The molecule has 2 N–H and O–H groups in total. The lowest BCUT2D eigenvalue weighted by Gasteiger charge is -2.20. The number of phenolic OH excluding ortho intramolecular Hbond substituents is 1. The van der Waals surface area contributed by atoms with Gasteiger partial charge in [-0.3, -0.25) is 10.1 Å². The van der Waals surface area contributed by atoms with Crippen LogP contribution in [0.5, 0.6) is 5.75 Å². The van der Waals surface area contributed by atoms with Crippen LogP contribution in [0.3, 0.4) is 0 Å². The molecule has 1 unspecified atom stereocenters. The van der Waals surface area contributed by atoms with Crippen molar-refractivity contribution < 1.29 is 14.6 Å². The molecule has 0 bridgehead atoms. The van der Waals surface area contributed by atoms with Gasteiger partial charge >= 0.3 is 5.97 Å². The van der Waals surface area contributed by atoms with Crippen LogP contribution in [-0.2, 0) is 16.1 Å². The van der Waals surface area contributed by atoms with Crippen LogP contribution in [0.15, 0.2) is 18.2 Å². The van der Waals surface area contributed by atoms with E-state index in [1.165, 1.54) is 7.11 Å². The van der Waals surface area contributed by atoms with E-state index < -0.39 is 6.04 Å². The molecule has 0 amide bonds. The van der Waals surface area contributed by atoms with Gasteiger partial charge in [-0.05, 0) is 12.0 Å². The molecule has 1 atom stereocenters. The second-order valence-electron chi connectivity index (χ2n) is 4.37. The fourth-order valence-electron chi connectivity index (χ4n) is 1.64. The third-order valence-corrected chi connectivity index (χ3v) is 3.01. The standard InChI is InChI=1S/C13H18ClNO3/c1-8(2)11(13(17)18-3)15-7-9-5-4-6-10(14)12(9)16/h4-6,8,11,15-16H,7H2,1-3H3. The highest BCUT2D eigenvalue weighted by atomic mass is 35.5. The number of aromatic hydroxyl groups is 1. The van der Waals surface area contributed by atoms with Gasteiger partial charge in [0.2, 0.25) is 0 Å². The van der Waals surface area contributed by atoms with Gasteiger partial charge in [-0.1, -0.05) is 37.6 Å². The largest absolute Gasteiger partial charge is 0.506 e. The fourth-order valence-corrected chi connectivity index (χ4v) is 1.83. The molecular formula is C13H18ClNO3. The number of hydrogen-bond donors (Lipinski definition) is 2. The minimum atomic E-state index is -0.409. The zero-order valence-corrected chi connectivity index (χ0v) is 11.5. The first-order valence-corrected chi connectivity index (χ1v) is 6.12. The SMILES string of the molecule is COC(=O)C(NCc1cccc(Cl)c1O)C(C)C. The molecule has 0 fully saturated rings. The Morgan fingerprint density at radius 2 is 2.17 bits per heavy atom. The van der Waals surface area contributed by atoms with E-state index >= 15 is 0 Å². The van der Waals surface area contributed by atoms with Gasteiger partial charge in [0.25, 0.3) is 0 Å². The van der Waals surface area contributed by atoms with Crippen LogP contribution in [0.2, 0.25) is 5.02 Å². The molecule has 0 aliphatic heterocycles. The van der Waals surface area contributed by atoms with E-state index in [1.807, 2.05) is 13.8 Å². The Bertz CT molecular complexity index is 421. The molecule has 5 heteroatoms. The predicted molar refractivity (Wildman–Crippen MR) is 70.6 cm³/mol. The number of phenols is 1. The molecule has 0 spiro atoms. The van der Waals surface area contributed by atoms with Gasteiger partial charge in [-0.15, -0.1) is 0 Å².